The highest BCUT2D eigenvalue weighted by Crippen LogP contribution is 2.29. The van der Waals surface area contributed by atoms with Gasteiger partial charge in [-0.2, -0.15) is 0 Å². The van der Waals surface area contributed by atoms with Crippen LogP contribution in [0.2, 0.25) is 0 Å². The number of carbonyl (C=O) groups is 2. The maximum atomic E-state index is 13.1. The fraction of sp³-hybridized carbons (Fsp3) is 0.348. The molecule has 6 heteroatoms. The number of amides is 2. The van der Waals surface area contributed by atoms with E-state index in [1.54, 1.807) is 16.7 Å². The molecule has 3 rings (SSSR count). The number of aromatic nitrogens is 2. The Hall–Kier alpha value is -3.15. The third kappa shape index (κ3) is 4.47. The molecule has 1 aromatic carbocycles. The number of nitrogens with one attached hydrogen (secondary N) is 2. The van der Waals surface area contributed by atoms with Crippen molar-refractivity contribution in [3.05, 3.63) is 65.7 Å². The van der Waals surface area contributed by atoms with Crippen LogP contribution in [0.1, 0.15) is 61.3 Å². The molecule has 0 atom stereocenters. The van der Waals surface area contributed by atoms with Crippen molar-refractivity contribution in [1.82, 2.24) is 14.7 Å². The topological polar surface area (TPSA) is 75.5 Å². The SMILES string of the molecule is CC(C)CNC(=O)c1nc(C(=O)Nc2ccccc2C(C)(C)C)c2ccccn12. The van der Waals surface area contributed by atoms with Crippen LogP contribution in [-0.2, 0) is 5.41 Å². The number of imidazole rings is 1. The molecule has 2 heterocycles. The second-order valence-electron chi connectivity index (χ2n) is 8.59. The number of hydrogen-bond donors (Lipinski definition) is 2. The van der Waals surface area contributed by atoms with Crippen LogP contribution in [0, 0.1) is 5.92 Å². The third-order valence-electron chi connectivity index (χ3n) is 4.62. The van der Waals surface area contributed by atoms with Gasteiger partial charge in [0.05, 0.1) is 5.52 Å². The monoisotopic (exact) mass is 392 g/mol. The molecule has 152 valence electrons. The van der Waals surface area contributed by atoms with Crippen molar-refractivity contribution in [2.75, 3.05) is 11.9 Å². The molecule has 0 bridgehead atoms. The normalized spacial score (nSPS) is 11.7. The largest absolute Gasteiger partial charge is 0.349 e. The Balaban J connectivity index is 1.97. The minimum Gasteiger partial charge on any atom is -0.349 e. The average molecular weight is 393 g/mol. The molecular weight excluding hydrogens is 364 g/mol. The minimum atomic E-state index is -0.340. The van der Waals surface area contributed by atoms with Crippen molar-refractivity contribution in [2.24, 2.45) is 5.92 Å². The number of hydrogen-bond acceptors (Lipinski definition) is 3. The number of para-hydroxylation sites is 1. The lowest BCUT2D eigenvalue weighted by Gasteiger charge is -2.22. The second kappa shape index (κ2) is 8.07. The van der Waals surface area contributed by atoms with Gasteiger partial charge in [0.15, 0.2) is 5.69 Å². The molecule has 2 aromatic heterocycles. The fourth-order valence-electron chi connectivity index (χ4n) is 3.17. The van der Waals surface area contributed by atoms with Crippen LogP contribution < -0.4 is 10.6 Å². The predicted octanol–water partition coefficient (Wildman–Crippen LogP) is 4.27. The lowest BCUT2D eigenvalue weighted by molar-refractivity contribution is 0.0938. The van der Waals surface area contributed by atoms with E-state index in [1.807, 2.05) is 50.2 Å². The molecule has 0 saturated carbocycles. The average Bonchev–Trinajstić information content (AvgIpc) is 3.05. The lowest BCUT2D eigenvalue weighted by Crippen LogP contribution is -2.29. The summed E-state index contributed by atoms with van der Waals surface area (Å²) in [4.78, 5) is 30.1. The Kier molecular flexibility index (Phi) is 5.73. The molecule has 0 radical (unpaired) electrons. The van der Waals surface area contributed by atoms with E-state index in [9.17, 15) is 9.59 Å². The number of rotatable bonds is 5. The first-order valence-corrected chi connectivity index (χ1v) is 9.84. The van der Waals surface area contributed by atoms with Gasteiger partial charge in [-0.25, -0.2) is 4.98 Å². The van der Waals surface area contributed by atoms with Crippen LogP contribution in [0.3, 0.4) is 0 Å². The number of nitrogens with zero attached hydrogens (tertiary/aromatic N) is 2. The maximum Gasteiger partial charge on any atom is 0.287 e. The Morgan fingerprint density at radius 2 is 1.72 bits per heavy atom. The molecule has 0 spiro atoms. The van der Waals surface area contributed by atoms with Crippen LogP contribution in [0.15, 0.2) is 48.7 Å². The van der Waals surface area contributed by atoms with Gasteiger partial charge in [-0.15, -0.1) is 0 Å². The number of carbonyl (C=O) groups excluding carboxylic acids is 2. The van der Waals surface area contributed by atoms with Crippen LogP contribution >= 0.6 is 0 Å². The Bertz CT molecular complexity index is 1040. The van der Waals surface area contributed by atoms with Crippen LogP contribution in [0.5, 0.6) is 0 Å². The summed E-state index contributed by atoms with van der Waals surface area (Å²) in [6.45, 7) is 10.9. The fourth-order valence-corrected chi connectivity index (χ4v) is 3.17. The van der Waals surface area contributed by atoms with Crippen molar-refractivity contribution in [2.45, 2.75) is 40.0 Å². The summed E-state index contributed by atoms with van der Waals surface area (Å²) < 4.78 is 1.65. The van der Waals surface area contributed by atoms with E-state index in [2.05, 4.69) is 36.4 Å². The van der Waals surface area contributed by atoms with Gasteiger partial charge in [-0.3, -0.25) is 14.0 Å². The Morgan fingerprint density at radius 3 is 2.41 bits per heavy atom. The van der Waals surface area contributed by atoms with Crippen molar-refractivity contribution < 1.29 is 9.59 Å². The summed E-state index contributed by atoms with van der Waals surface area (Å²) in [5.74, 6) is -0.111. The Labute approximate surface area is 171 Å². The lowest BCUT2D eigenvalue weighted by atomic mass is 9.86. The minimum absolute atomic E-state index is 0.123. The number of pyridine rings is 1. The van der Waals surface area contributed by atoms with Gasteiger partial charge in [-0.05, 0) is 35.1 Å². The van der Waals surface area contributed by atoms with E-state index in [1.165, 1.54) is 0 Å². The standard InChI is InChI=1S/C23H28N4O2/c1-15(2)14-24-22(29)20-26-19(18-12-8-9-13-27(18)20)21(28)25-17-11-7-6-10-16(17)23(3,4)5/h6-13,15H,14H2,1-5H3,(H,24,29)(H,25,28). The molecule has 3 aromatic rings. The summed E-state index contributed by atoms with van der Waals surface area (Å²) in [5.41, 5.74) is 2.47. The van der Waals surface area contributed by atoms with E-state index < -0.39 is 0 Å². The zero-order valence-electron chi connectivity index (χ0n) is 17.6. The molecule has 0 aliphatic rings. The smallest absolute Gasteiger partial charge is 0.287 e. The van der Waals surface area contributed by atoms with E-state index in [0.29, 0.717) is 18.0 Å². The second-order valence-corrected chi connectivity index (χ2v) is 8.59. The zero-order valence-corrected chi connectivity index (χ0v) is 17.6. The van der Waals surface area contributed by atoms with E-state index in [4.69, 9.17) is 0 Å². The van der Waals surface area contributed by atoms with Crippen molar-refractivity contribution in [3.63, 3.8) is 0 Å². The Morgan fingerprint density at radius 1 is 1.03 bits per heavy atom. The molecule has 6 nitrogen and oxygen atoms in total. The van der Waals surface area contributed by atoms with Gasteiger partial charge in [0.1, 0.15) is 0 Å². The molecule has 0 aliphatic heterocycles. The number of fused-ring (bicyclic) bond motifs is 1. The van der Waals surface area contributed by atoms with Crippen LogP contribution in [0.4, 0.5) is 5.69 Å². The van der Waals surface area contributed by atoms with Gasteiger partial charge < -0.3 is 10.6 Å². The molecule has 0 aliphatic carbocycles. The van der Waals surface area contributed by atoms with Gasteiger partial charge >= 0.3 is 0 Å². The van der Waals surface area contributed by atoms with Gasteiger partial charge in [-0.1, -0.05) is 58.9 Å². The summed E-state index contributed by atoms with van der Waals surface area (Å²) in [5, 5.41) is 5.85. The first kappa shape index (κ1) is 20.6. The maximum absolute atomic E-state index is 13.1. The molecule has 0 unspecified atom stereocenters. The van der Waals surface area contributed by atoms with Crippen molar-refractivity contribution in [3.8, 4) is 0 Å². The van der Waals surface area contributed by atoms with Crippen LogP contribution in [-0.4, -0.2) is 27.7 Å². The van der Waals surface area contributed by atoms with Gasteiger partial charge in [0, 0.05) is 18.4 Å². The van der Waals surface area contributed by atoms with E-state index in [-0.39, 0.29) is 28.7 Å². The highest BCUT2D eigenvalue weighted by Gasteiger charge is 2.24. The van der Waals surface area contributed by atoms with Gasteiger partial charge in [0.2, 0.25) is 5.82 Å². The molecular formula is C23H28N4O2. The molecule has 0 fully saturated rings. The number of benzene rings is 1. The molecule has 0 saturated heterocycles. The van der Waals surface area contributed by atoms with Gasteiger partial charge in [0.25, 0.3) is 11.8 Å². The highest BCUT2D eigenvalue weighted by molar-refractivity contribution is 6.09. The van der Waals surface area contributed by atoms with Crippen molar-refractivity contribution in [1.29, 1.82) is 0 Å². The molecule has 29 heavy (non-hydrogen) atoms. The summed E-state index contributed by atoms with van der Waals surface area (Å²) in [6, 6.07) is 13.2. The van der Waals surface area contributed by atoms with E-state index >= 15 is 0 Å². The first-order chi connectivity index (χ1) is 13.7. The predicted molar refractivity (Wildman–Crippen MR) is 115 cm³/mol. The highest BCUT2D eigenvalue weighted by atomic mass is 16.2. The van der Waals surface area contributed by atoms with Crippen molar-refractivity contribution >= 4 is 23.0 Å². The summed E-state index contributed by atoms with van der Waals surface area (Å²) in [6.07, 6.45) is 1.74. The quantitative estimate of drug-likeness (QED) is 0.681. The zero-order chi connectivity index (χ0) is 21.2. The summed E-state index contributed by atoms with van der Waals surface area (Å²) >= 11 is 0. The third-order valence-corrected chi connectivity index (χ3v) is 4.62. The molecule has 2 N–H and O–H groups in total. The van der Waals surface area contributed by atoms with Crippen LogP contribution in [0.25, 0.3) is 5.52 Å². The first-order valence-electron chi connectivity index (χ1n) is 9.84. The van der Waals surface area contributed by atoms with E-state index in [0.717, 1.165) is 11.3 Å². The number of anilines is 1. The summed E-state index contributed by atoms with van der Waals surface area (Å²) in [7, 11) is 0. The molecule has 2 amide bonds.